The van der Waals surface area contributed by atoms with Crippen LogP contribution in [0.2, 0.25) is 0 Å². The molecule has 10 heteroatoms. The van der Waals surface area contributed by atoms with Gasteiger partial charge >= 0.3 is 0 Å². The van der Waals surface area contributed by atoms with E-state index in [-0.39, 0.29) is 5.91 Å². The zero-order chi connectivity index (χ0) is 17.8. The third kappa shape index (κ3) is 4.41. The largest absolute Gasteiger partial charge is 0.388 e. The predicted molar refractivity (Wildman–Crippen MR) is 95.3 cm³/mol. The number of amides is 1. The summed E-state index contributed by atoms with van der Waals surface area (Å²) in [5, 5.41) is 6.80. The molecule has 0 radical (unpaired) electrons. The predicted octanol–water partition coefficient (Wildman–Crippen LogP) is 0.273. The minimum Gasteiger partial charge on any atom is -0.388 e. The second kappa shape index (κ2) is 8.03. The first-order valence-electron chi connectivity index (χ1n) is 8.09. The summed E-state index contributed by atoms with van der Waals surface area (Å²) in [4.78, 5) is 17.7. The van der Waals surface area contributed by atoms with Crippen LogP contribution >= 0.6 is 11.8 Å². The molecule has 2 aliphatic heterocycles. The van der Waals surface area contributed by atoms with Gasteiger partial charge in [-0.15, -0.1) is 0 Å². The molecule has 1 fully saturated rings. The molecule has 0 bridgehead atoms. The zero-order valence-corrected chi connectivity index (χ0v) is 16.1. The second-order valence-corrected chi connectivity index (χ2v) is 9.67. The molecule has 0 saturated carbocycles. The highest BCUT2D eigenvalue weighted by molar-refractivity contribution is 7.99. The zero-order valence-electron chi connectivity index (χ0n) is 14.4. The Labute approximate surface area is 148 Å². The van der Waals surface area contributed by atoms with E-state index in [4.69, 9.17) is 4.84 Å². The summed E-state index contributed by atoms with van der Waals surface area (Å²) in [7, 11) is -0.357. The molecule has 1 saturated heterocycles. The van der Waals surface area contributed by atoms with E-state index in [1.54, 1.807) is 11.8 Å². The maximum atomic E-state index is 12.1. The standard InChI is InChI=1S/C14H26N4O4S2/c1-4-23-10-7-15-13(19)12-11-14(22-16-12)5-8-18(9-6-14)24(20,21)17(2)3/h4-11H2,1-3H3,(H,15,19). The van der Waals surface area contributed by atoms with Crippen molar-refractivity contribution in [1.82, 2.24) is 13.9 Å². The van der Waals surface area contributed by atoms with Crippen LogP contribution in [0.4, 0.5) is 0 Å². The first-order valence-corrected chi connectivity index (χ1v) is 10.6. The van der Waals surface area contributed by atoms with Crippen molar-refractivity contribution < 1.29 is 18.0 Å². The van der Waals surface area contributed by atoms with E-state index in [0.717, 1.165) is 11.5 Å². The fourth-order valence-electron chi connectivity index (χ4n) is 2.75. The number of nitrogens with zero attached hydrogens (tertiary/aromatic N) is 3. The number of hydrogen-bond donors (Lipinski definition) is 1. The molecule has 1 amide bonds. The van der Waals surface area contributed by atoms with Crippen molar-refractivity contribution in [3.05, 3.63) is 0 Å². The van der Waals surface area contributed by atoms with Crippen LogP contribution < -0.4 is 5.32 Å². The number of oxime groups is 1. The van der Waals surface area contributed by atoms with Crippen molar-refractivity contribution >= 4 is 33.6 Å². The normalized spacial score (nSPS) is 20.9. The lowest BCUT2D eigenvalue weighted by atomic mass is 9.87. The molecule has 1 N–H and O–H groups in total. The minimum atomic E-state index is -3.40. The Morgan fingerprint density at radius 1 is 1.42 bits per heavy atom. The summed E-state index contributed by atoms with van der Waals surface area (Å²) in [5.74, 6) is 1.71. The van der Waals surface area contributed by atoms with Crippen LogP contribution in [-0.4, -0.2) is 79.5 Å². The fraction of sp³-hybridized carbons (Fsp3) is 0.857. The van der Waals surface area contributed by atoms with Crippen LogP contribution in [0.25, 0.3) is 0 Å². The van der Waals surface area contributed by atoms with Crippen LogP contribution in [0.3, 0.4) is 0 Å². The Hall–Kier alpha value is -0.840. The number of carbonyl (C=O) groups is 1. The maximum absolute atomic E-state index is 12.1. The summed E-state index contributed by atoms with van der Waals surface area (Å²) in [5.41, 5.74) is -0.135. The van der Waals surface area contributed by atoms with E-state index in [1.807, 2.05) is 0 Å². The Kier molecular flexibility index (Phi) is 6.52. The molecule has 0 unspecified atom stereocenters. The van der Waals surface area contributed by atoms with Crippen molar-refractivity contribution in [2.45, 2.75) is 31.8 Å². The number of thioether (sulfide) groups is 1. The third-order valence-corrected chi connectivity index (χ3v) is 7.10. The molecule has 138 valence electrons. The summed E-state index contributed by atoms with van der Waals surface area (Å²) >= 11 is 1.77. The number of nitrogens with one attached hydrogen (secondary N) is 1. The lowest BCUT2D eigenvalue weighted by Crippen LogP contribution is -2.50. The van der Waals surface area contributed by atoms with Gasteiger partial charge < -0.3 is 10.2 Å². The quantitative estimate of drug-likeness (QED) is 0.642. The van der Waals surface area contributed by atoms with Gasteiger partial charge in [-0.25, -0.2) is 0 Å². The Bertz CT molecular complexity index is 584. The van der Waals surface area contributed by atoms with Gasteiger partial charge in [-0.05, 0) is 5.75 Å². The highest BCUT2D eigenvalue weighted by Gasteiger charge is 2.45. The van der Waals surface area contributed by atoms with Gasteiger partial charge in [0.2, 0.25) is 0 Å². The molecule has 24 heavy (non-hydrogen) atoms. The van der Waals surface area contributed by atoms with Crippen molar-refractivity contribution in [3.63, 3.8) is 0 Å². The van der Waals surface area contributed by atoms with Gasteiger partial charge in [0.25, 0.3) is 16.1 Å². The van der Waals surface area contributed by atoms with Crippen LogP contribution in [0.5, 0.6) is 0 Å². The molecule has 1 spiro atoms. The lowest BCUT2D eigenvalue weighted by molar-refractivity contribution is -0.114. The topological polar surface area (TPSA) is 91.3 Å². The number of piperidine rings is 1. The van der Waals surface area contributed by atoms with E-state index in [1.165, 1.54) is 22.7 Å². The van der Waals surface area contributed by atoms with Crippen molar-refractivity contribution in [2.75, 3.05) is 45.2 Å². The maximum Gasteiger partial charge on any atom is 0.281 e. The molecule has 0 aromatic heterocycles. The molecule has 2 heterocycles. The van der Waals surface area contributed by atoms with Gasteiger partial charge in [-0.1, -0.05) is 12.1 Å². The molecule has 2 rings (SSSR count). The lowest BCUT2D eigenvalue weighted by Gasteiger charge is -2.37. The molecular weight excluding hydrogens is 352 g/mol. The highest BCUT2D eigenvalue weighted by Crippen LogP contribution is 2.35. The van der Waals surface area contributed by atoms with E-state index in [9.17, 15) is 13.2 Å². The van der Waals surface area contributed by atoms with Crippen molar-refractivity contribution in [1.29, 1.82) is 0 Å². The molecular formula is C14H26N4O4S2. The van der Waals surface area contributed by atoms with Gasteiger partial charge in [0, 0.05) is 58.7 Å². The molecule has 2 aliphatic rings. The van der Waals surface area contributed by atoms with Crippen LogP contribution in [-0.2, 0) is 19.8 Å². The number of hydrogen-bond acceptors (Lipinski definition) is 6. The summed E-state index contributed by atoms with van der Waals surface area (Å²) in [6, 6.07) is 0. The smallest absolute Gasteiger partial charge is 0.281 e. The van der Waals surface area contributed by atoms with Gasteiger partial charge in [-0.3, -0.25) is 4.79 Å². The number of carbonyl (C=O) groups excluding carboxylic acids is 1. The van der Waals surface area contributed by atoms with Gasteiger partial charge in [0.15, 0.2) is 0 Å². The highest BCUT2D eigenvalue weighted by atomic mass is 32.2. The monoisotopic (exact) mass is 378 g/mol. The first-order chi connectivity index (χ1) is 11.3. The molecule has 0 aromatic carbocycles. The number of rotatable bonds is 7. The summed E-state index contributed by atoms with van der Waals surface area (Å²) < 4.78 is 27.0. The van der Waals surface area contributed by atoms with Crippen molar-refractivity contribution in [2.24, 2.45) is 5.16 Å². The molecule has 8 nitrogen and oxygen atoms in total. The molecule has 0 atom stereocenters. The van der Waals surface area contributed by atoms with Gasteiger partial charge in [0.1, 0.15) is 11.3 Å². The van der Waals surface area contributed by atoms with Crippen molar-refractivity contribution in [3.8, 4) is 0 Å². The molecule has 0 aliphatic carbocycles. The molecule has 0 aromatic rings. The summed E-state index contributed by atoms with van der Waals surface area (Å²) in [6.07, 6.45) is 1.51. The average molecular weight is 379 g/mol. The van der Waals surface area contributed by atoms with Crippen LogP contribution in [0, 0.1) is 0 Å². The van der Waals surface area contributed by atoms with Crippen LogP contribution in [0.1, 0.15) is 26.2 Å². The average Bonchev–Trinajstić information content (AvgIpc) is 2.95. The van der Waals surface area contributed by atoms with E-state index in [0.29, 0.717) is 44.6 Å². The second-order valence-electron chi connectivity index (χ2n) is 6.13. The third-order valence-electron chi connectivity index (χ3n) is 4.26. The SMILES string of the molecule is CCSCCNC(=O)C1=NOC2(CCN(S(=O)(=O)N(C)C)CC2)C1. The van der Waals surface area contributed by atoms with Gasteiger partial charge in [-0.2, -0.15) is 28.8 Å². The first kappa shape index (κ1) is 19.5. The summed E-state index contributed by atoms with van der Waals surface area (Å²) in [6.45, 7) is 3.43. The van der Waals surface area contributed by atoms with Gasteiger partial charge in [0.05, 0.1) is 0 Å². The minimum absolute atomic E-state index is 0.188. The van der Waals surface area contributed by atoms with E-state index in [2.05, 4.69) is 17.4 Å². The Balaban J connectivity index is 1.83. The Morgan fingerprint density at radius 2 is 2.08 bits per heavy atom. The van der Waals surface area contributed by atoms with E-state index < -0.39 is 15.8 Å². The van der Waals surface area contributed by atoms with E-state index >= 15 is 0 Å². The van der Waals surface area contributed by atoms with Crippen LogP contribution in [0.15, 0.2) is 5.16 Å². The fourth-order valence-corrected chi connectivity index (χ4v) is 4.39. The Morgan fingerprint density at radius 3 is 2.67 bits per heavy atom.